The second kappa shape index (κ2) is 9.02. The largest absolute Gasteiger partial charge is 0.464 e. The minimum Gasteiger partial charge on any atom is -0.464 e. The molecule has 9 nitrogen and oxygen atoms in total. The van der Waals surface area contributed by atoms with Gasteiger partial charge in [0.2, 0.25) is 0 Å². The van der Waals surface area contributed by atoms with Gasteiger partial charge in [0.15, 0.2) is 5.69 Å². The molecule has 0 saturated carbocycles. The van der Waals surface area contributed by atoms with Crippen LogP contribution < -0.4 is 10.2 Å². The molecular weight excluding hydrogens is 424 g/mol. The van der Waals surface area contributed by atoms with Crippen molar-refractivity contribution in [2.45, 2.75) is 0 Å². The highest BCUT2D eigenvalue weighted by Crippen LogP contribution is 2.35. The summed E-state index contributed by atoms with van der Waals surface area (Å²) in [7, 11) is 1.15. The maximum absolute atomic E-state index is 14.5. The second-order valence-electron chi connectivity index (χ2n) is 6.69. The Morgan fingerprint density at radius 1 is 1.19 bits per heavy atom. The van der Waals surface area contributed by atoms with E-state index in [1.165, 1.54) is 17.2 Å². The summed E-state index contributed by atoms with van der Waals surface area (Å²) in [4.78, 5) is 30.0. The van der Waals surface area contributed by atoms with Crippen molar-refractivity contribution in [1.82, 2.24) is 15.2 Å². The smallest absolute Gasteiger partial charge is 0.360 e. The first-order chi connectivity index (χ1) is 15.5. The zero-order valence-electron chi connectivity index (χ0n) is 16.8. The number of ether oxygens (including phenoxy) is 2. The third kappa shape index (κ3) is 4.10. The summed E-state index contributed by atoms with van der Waals surface area (Å²) in [5, 5.41) is 10.3. The SMILES string of the molecule is COC(=O)c1nncc(-c2c(F)cccc2F)c1Nc1ccc(N2CCOCC2=O)cn1. The van der Waals surface area contributed by atoms with Gasteiger partial charge < -0.3 is 19.7 Å². The first-order valence-electron chi connectivity index (χ1n) is 9.49. The van der Waals surface area contributed by atoms with E-state index >= 15 is 0 Å². The number of benzene rings is 1. The van der Waals surface area contributed by atoms with Crippen LogP contribution in [-0.4, -0.2) is 53.9 Å². The number of carbonyl (C=O) groups excluding carboxylic acids is 2. The summed E-state index contributed by atoms with van der Waals surface area (Å²) in [6.45, 7) is 0.794. The van der Waals surface area contributed by atoms with E-state index < -0.39 is 17.6 Å². The van der Waals surface area contributed by atoms with Gasteiger partial charge in [-0.2, -0.15) is 5.10 Å². The number of aromatic nitrogens is 3. The van der Waals surface area contributed by atoms with Crippen LogP contribution in [0.15, 0.2) is 42.7 Å². The Hall–Kier alpha value is -3.99. The Balaban J connectivity index is 1.74. The molecule has 3 aromatic rings. The lowest BCUT2D eigenvalue weighted by molar-refractivity contribution is -0.125. The van der Waals surface area contributed by atoms with E-state index in [1.54, 1.807) is 12.1 Å². The molecule has 0 aliphatic carbocycles. The standard InChI is InChI=1S/C21H17F2N5O4/c1-31-21(30)20-19(13(10-25-27-20)18-14(22)3-2-4-15(18)23)26-16-6-5-12(9-24-16)28-7-8-32-11-17(28)29/h2-6,9-10H,7-8,11H2,1H3,(H,24,25,26). The highest BCUT2D eigenvalue weighted by atomic mass is 19.1. The Kier molecular flexibility index (Phi) is 5.99. The third-order valence-corrected chi connectivity index (χ3v) is 4.76. The molecule has 1 aromatic carbocycles. The molecule has 3 heterocycles. The Morgan fingerprint density at radius 3 is 2.62 bits per heavy atom. The van der Waals surface area contributed by atoms with Crippen molar-refractivity contribution in [2.75, 3.05) is 37.1 Å². The predicted octanol–water partition coefficient (Wildman–Crippen LogP) is 2.71. The number of hydrogen-bond donors (Lipinski definition) is 1. The van der Waals surface area contributed by atoms with Crippen LogP contribution in [0.25, 0.3) is 11.1 Å². The molecule has 0 unspecified atom stereocenters. The minimum atomic E-state index is -0.853. The van der Waals surface area contributed by atoms with Gasteiger partial charge in [0, 0.05) is 12.1 Å². The summed E-state index contributed by atoms with van der Waals surface area (Å²) in [6, 6.07) is 6.61. The molecule has 2 aromatic heterocycles. The van der Waals surface area contributed by atoms with Gasteiger partial charge in [-0.1, -0.05) is 6.07 Å². The van der Waals surface area contributed by atoms with Gasteiger partial charge in [0.25, 0.3) is 5.91 Å². The van der Waals surface area contributed by atoms with Crippen molar-refractivity contribution in [3.8, 4) is 11.1 Å². The van der Waals surface area contributed by atoms with Crippen molar-refractivity contribution < 1.29 is 27.8 Å². The molecule has 4 rings (SSSR count). The normalized spacial score (nSPS) is 13.7. The van der Waals surface area contributed by atoms with E-state index in [2.05, 4.69) is 20.5 Å². The molecule has 164 valence electrons. The average Bonchev–Trinajstić information content (AvgIpc) is 2.80. The molecular formula is C21H17F2N5O4. The lowest BCUT2D eigenvalue weighted by atomic mass is 10.0. The van der Waals surface area contributed by atoms with Crippen LogP contribution in [0.5, 0.6) is 0 Å². The van der Waals surface area contributed by atoms with Crippen molar-refractivity contribution in [2.24, 2.45) is 0 Å². The number of pyridine rings is 1. The van der Waals surface area contributed by atoms with E-state index in [4.69, 9.17) is 9.47 Å². The van der Waals surface area contributed by atoms with Crippen LogP contribution in [0.1, 0.15) is 10.5 Å². The van der Waals surface area contributed by atoms with Crippen LogP contribution >= 0.6 is 0 Å². The monoisotopic (exact) mass is 441 g/mol. The Labute approximate surface area is 181 Å². The van der Waals surface area contributed by atoms with Gasteiger partial charge >= 0.3 is 5.97 Å². The van der Waals surface area contributed by atoms with E-state index in [0.29, 0.717) is 18.8 Å². The molecule has 1 aliphatic heterocycles. The quantitative estimate of drug-likeness (QED) is 0.603. The first kappa shape index (κ1) is 21.2. The molecule has 0 bridgehead atoms. The van der Waals surface area contributed by atoms with Crippen molar-refractivity contribution in [3.63, 3.8) is 0 Å². The zero-order valence-corrected chi connectivity index (χ0v) is 16.8. The number of nitrogens with one attached hydrogen (secondary N) is 1. The fourth-order valence-electron chi connectivity index (χ4n) is 3.24. The second-order valence-corrected chi connectivity index (χ2v) is 6.69. The van der Waals surface area contributed by atoms with Crippen molar-refractivity contribution in [1.29, 1.82) is 0 Å². The summed E-state index contributed by atoms with van der Waals surface area (Å²) in [5.41, 5.74) is -0.165. The fraction of sp³-hybridized carbons (Fsp3) is 0.190. The average molecular weight is 441 g/mol. The molecule has 0 radical (unpaired) electrons. The molecule has 1 aliphatic rings. The number of esters is 1. The van der Waals surface area contributed by atoms with Gasteiger partial charge in [-0.05, 0) is 24.3 Å². The topological polar surface area (TPSA) is 107 Å². The number of morpholine rings is 1. The van der Waals surface area contributed by atoms with E-state index in [1.807, 2.05) is 0 Å². The van der Waals surface area contributed by atoms with Crippen LogP contribution in [0.4, 0.5) is 26.0 Å². The molecule has 11 heteroatoms. The van der Waals surface area contributed by atoms with Gasteiger partial charge in [0.05, 0.1) is 43.0 Å². The maximum atomic E-state index is 14.5. The summed E-state index contributed by atoms with van der Waals surface area (Å²) < 4.78 is 38.8. The summed E-state index contributed by atoms with van der Waals surface area (Å²) in [6.07, 6.45) is 2.60. The molecule has 1 saturated heterocycles. The zero-order chi connectivity index (χ0) is 22.7. The van der Waals surface area contributed by atoms with Gasteiger partial charge in [-0.15, -0.1) is 5.10 Å². The highest BCUT2D eigenvalue weighted by molar-refractivity contribution is 5.99. The number of methoxy groups -OCH3 is 1. The third-order valence-electron chi connectivity index (χ3n) is 4.76. The number of anilines is 3. The van der Waals surface area contributed by atoms with Crippen molar-refractivity contribution >= 4 is 29.1 Å². The van der Waals surface area contributed by atoms with Crippen LogP contribution in [0, 0.1) is 11.6 Å². The van der Waals surface area contributed by atoms with Gasteiger partial charge in [-0.25, -0.2) is 18.6 Å². The number of carbonyl (C=O) groups is 2. The van der Waals surface area contributed by atoms with Gasteiger partial charge in [0.1, 0.15) is 24.1 Å². The number of amides is 1. The lowest BCUT2D eigenvalue weighted by Crippen LogP contribution is -2.41. The van der Waals surface area contributed by atoms with Gasteiger partial charge in [-0.3, -0.25) is 4.79 Å². The highest BCUT2D eigenvalue weighted by Gasteiger charge is 2.24. The van der Waals surface area contributed by atoms with Crippen molar-refractivity contribution in [3.05, 3.63) is 60.1 Å². The van der Waals surface area contributed by atoms with Crippen LogP contribution in [0.2, 0.25) is 0 Å². The number of halogens is 2. The maximum Gasteiger partial charge on any atom is 0.360 e. The molecule has 0 atom stereocenters. The lowest BCUT2D eigenvalue weighted by Gasteiger charge is -2.26. The van der Waals surface area contributed by atoms with Crippen LogP contribution in [-0.2, 0) is 14.3 Å². The fourth-order valence-corrected chi connectivity index (χ4v) is 3.24. The first-order valence-corrected chi connectivity index (χ1v) is 9.49. The number of hydrogen-bond acceptors (Lipinski definition) is 8. The Bertz CT molecular complexity index is 1150. The predicted molar refractivity (Wildman–Crippen MR) is 109 cm³/mol. The minimum absolute atomic E-state index is 0.0112. The van der Waals surface area contributed by atoms with E-state index in [0.717, 1.165) is 25.4 Å². The molecule has 32 heavy (non-hydrogen) atoms. The molecule has 1 amide bonds. The summed E-state index contributed by atoms with van der Waals surface area (Å²) >= 11 is 0. The Morgan fingerprint density at radius 2 is 1.97 bits per heavy atom. The van der Waals surface area contributed by atoms with E-state index in [-0.39, 0.29) is 40.8 Å². The van der Waals surface area contributed by atoms with Crippen LogP contribution in [0.3, 0.4) is 0 Å². The number of nitrogens with zero attached hydrogens (tertiary/aromatic N) is 4. The summed E-state index contributed by atoms with van der Waals surface area (Å²) in [5.74, 6) is -2.49. The molecule has 0 spiro atoms. The molecule has 1 N–H and O–H groups in total. The molecule has 1 fully saturated rings. The number of rotatable bonds is 5. The van der Waals surface area contributed by atoms with E-state index in [9.17, 15) is 18.4 Å².